The van der Waals surface area contributed by atoms with Gasteiger partial charge in [-0.1, -0.05) is 6.07 Å². The summed E-state index contributed by atoms with van der Waals surface area (Å²) in [5.74, 6) is -0.435. The summed E-state index contributed by atoms with van der Waals surface area (Å²) in [6, 6.07) is 6.42. The molecule has 0 aliphatic rings. The third-order valence-corrected chi connectivity index (χ3v) is 3.86. The first-order chi connectivity index (χ1) is 9.02. The Morgan fingerprint density at radius 1 is 1.42 bits per heavy atom. The molecule has 0 atom stereocenters. The lowest BCUT2D eigenvalue weighted by Gasteiger charge is -2.02. The molecular weight excluding hydrogens is 262 g/mol. The van der Waals surface area contributed by atoms with Gasteiger partial charge in [-0.2, -0.15) is 5.26 Å². The van der Waals surface area contributed by atoms with Gasteiger partial charge in [-0.25, -0.2) is 0 Å². The Balaban J connectivity index is 2.32. The van der Waals surface area contributed by atoms with E-state index in [4.69, 9.17) is 5.26 Å². The quantitative estimate of drug-likeness (QED) is 0.879. The first kappa shape index (κ1) is 13.1. The van der Waals surface area contributed by atoms with Crippen LogP contribution in [-0.4, -0.2) is 10.9 Å². The van der Waals surface area contributed by atoms with Crippen molar-refractivity contribution < 1.29 is 4.79 Å². The van der Waals surface area contributed by atoms with Crippen molar-refractivity contribution in [2.24, 2.45) is 0 Å². The second-order valence-corrected chi connectivity index (χ2v) is 5.21. The van der Waals surface area contributed by atoms with E-state index < -0.39 is 5.91 Å². The van der Waals surface area contributed by atoms with E-state index in [9.17, 15) is 9.59 Å². The molecule has 0 saturated heterocycles. The van der Waals surface area contributed by atoms with Gasteiger partial charge in [-0.05, 0) is 25.5 Å². The Kier molecular flexibility index (Phi) is 3.49. The Hall–Kier alpha value is -2.39. The van der Waals surface area contributed by atoms with Crippen LogP contribution in [-0.2, 0) is 0 Å². The summed E-state index contributed by atoms with van der Waals surface area (Å²) in [6.07, 6.45) is 0. The molecular formula is C13H11N3O2S. The first-order valence-electron chi connectivity index (χ1n) is 5.53. The first-order valence-corrected chi connectivity index (χ1v) is 6.35. The number of carbonyl (C=O) groups is 1. The third-order valence-electron chi connectivity index (χ3n) is 2.74. The van der Waals surface area contributed by atoms with Gasteiger partial charge in [0.15, 0.2) is 0 Å². The van der Waals surface area contributed by atoms with Crippen molar-refractivity contribution in [1.29, 1.82) is 5.26 Å². The van der Waals surface area contributed by atoms with Gasteiger partial charge in [-0.15, -0.1) is 11.3 Å². The number of H-pyrrole nitrogens is 1. The summed E-state index contributed by atoms with van der Waals surface area (Å²) < 4.78 is 0. The Bertz CT molecular complexity index is 737. The number of nitrogens with zero attached hydrogens (tertiary/aromatic N) is 1. The van der Waals surface area contributed by atoms with Gasteiger partial charge in [-0.3, -0.25) is 9.59 Å². The molecule has 2 heterocycles. The summed E-state index contributed by atoms with van der Waals surface area (Å²) >= 11 is 1.35. The number of hydrogen-bond acceptors (Lipinski definition) is 4. The maximum Gasteiger partial charge on any atom is 0.272 e. The predicted molar refractivity (Wildman–Crippen MR) is 73.5 cm³/mol. The molecule has 2 aromatic rings. The lowest BCUT2D eigenvalue weighted by Crippen LogP contribution is -2.17. The molecule has 2 aromatic heterocycles. The summed E-state index contributed by atoms with van der Waals surface area (Å²) in [5.41, 5.74) is 1.16. The van der Waals surface area contributed by atoms with Crippen molar-refractivity contribution in [2.45, 2.75) is 13.8 Å². The molecule has 0 bridgehead atoms. The molecule has 0 saturated carbocycles. The number of nitriles is 1. The van der Waals surface area contributed by atoms with Crippen LogP contribution in [0.15, 0.2) is 23.0 Å². The number of anilines is 1. The molecule has 5 nitrogen and oxygen atoms in total. The number of pyridine rings is 1. The highest BCUT2D eigenvalue weighted by atomic mass is 32.1. The van der Waals surface area contributed by atoms with Crippen LogP contribution in [0.1, 0.15) is 26.5 Å². The average Bonchev–Trinajstić information content (AvgIpc) is 2.64. The Morgan fingerprint density at radius 2 is 2.16 bits per heavy atom. The molecule has 0 unspecified atom stereocenters. The van der Waals surface area contributed by atoms with E-state index in [0.29, 0.717) is 10.6 Å². The van der Waals surface area contributed by atoms with Crippen molar-refractivity contribution in [1.82, 2.24) is 4.98 Å². The number of carbonyl (C=O) groups excluding carboxylic acids is 1. The van der Waals surface area contributed by atoms with E-state index in [1.54, 1.807) is 0 Å². The van der Waals surface area contributed by atoms with Crippen molar-refractivity contribution in [3.63, 3.8) is 0 Å². The van der Waals surface area contributed by atoms with Gasteiger partial charge in [0.25, 0.3) is 5.91 Å². The zero-order chi connectivity index (χ0) is 14.0. The number of aromatic amines is 1. The van der Waals surface area contributed by atoms with Crippen LogP contribution in [0.5, 0.6) is 0 Å². The average molecular weight is 273 g/mol. The number of nitrogens with one attached hydrogen (secondary N) is 2. The second-order valence-electron chi connectivity index (χ2n) is 3.98. The number of aryl methyl sites for hydroxylation is 1. The Labute approximate surface area is 113 Å². The topological polar surface area (TPSA) is 85.8 Å². The number of rotatable bonds is 2. The standard InChI is InChI=1S/C13H11N3O2S/c1-7-8(2)19-13(9(7)6-14)16-12(18)10-4-3-5-11(17)15-10/h3-5H,1-2H3,(H,15,17)(H,16,18). The summed E-state index contributed by atoms with van der Waals surface area (Å²) in [6.45, 7) is 3.73. The van der Waals surface area contributed by atoms with Crippen LogP contribution in [0.4, 0.5) is 5.00 Å². The molecule has 6 heteroatoms. The minimum Gasteiger partial charge on any atom is -0.318 e. The lowest BCUT2D eigenvalue weighted by atomic mass is 10.2. The van der Waals surface area contributed by atoms with Crippen LogP contribution >= 0.6 is 11.3 Å². The zero-order valence-electron chi connectivity index (χ0n) is 10.4. The molecule has 0 aliphatic carbocycles. The van der Waals surface area contributed by atoms with Gasteiger partial charge in [0.1, 0.15) is 16.8 Å². The molecule has 0 aromatic carbocycles. The monoisotopic (exact) mass is 273 g/mol. The maximum absolute atomic E-state index is 12.0. The number of thiophene rings is 1. The summed E-state index contributed by atoms with van der Waals surface area (Å²) in [4.78, 5) is 26.5. The van der Waals surface area contributed by atoms with E-state index in [1.807, 2.05) is 13.8 Å². The fourth-order valence-electron chi connectivity index (χ4n) is 1.60. The summed E-state index contributed by atoms with van der Waals surface area (Å²) in [7, 11) is 0. The lowest BCUT2D eigenvalue weighted by molar-refractivity contribution is 0.102. The van der Waals surface area contributed by atoms with Crippen LogP contribution in [0.25, 0.3) is 0 Å². The SMILES string of the molecule is Cc1sc(NC(=O)c2cccc(=O)[nH]2)c(C#N)c1C. The highest BCUT2D eigenvalue weighted by molar-refractivity contribution is 7.16. The largest absolute Gasteiger partial charge is 0.318 e. The van der Waals surface area contributed by atoms with Gasteiger partial charge >= 0.3 is 0 Å². The molecule has 2 N–H and O–H groups in total. The van der Waals surface area contributed by atoms with Gasteiger partial charge < -0.3 is 10.3 Å². The molecule has 0 aliphatic heterocycles. The van der Waals surface area contributed by atoms with Crippen molar-refractivity contribution in [2.75, 3.05) is 5.32 Å². The van der Waals surface area contributed by atoms with Crippen LogP contribution in [0.2, 0.25) is 0 Å². The van der Waals surface area contributed by atoms with Crippen molar-refractivity contribution in [3.8, 4) is 6.07 Å². The van der Waals surface area contributed by atoms with E-state index >= 15 is 0 Å². The number of amides is 1. The summed E-state index contributed by atoms with van der Waals surface area (Å²) in [5, 5.41) is 12.2. The molecule has 19 heavy (non-hydrogen) atoms. The normalized spacial score (nSPS) is 9.95. The molecule has 1 amide bonds. The number of aromatic nitrogens is 1. The van der Waals surface area contributed by atoms with Crippen molar-refractivity contribution in [3.05, 3.63) is 50.3 Å². The maximum atomic E-state index is 12.0. The Morgan fingerprint density at radius 3 is 2.79 bits per heavy atom. The minimum absolute atomic E-state index is 0.167. The second kappa shape index (κ2) is 5.08. The van der Waals surface area contributed by atoms with Gasteiger partial charge in [0.2, 0.25) is 5.56 Å². The van der Waals surface area contributed by atoms with Gasteiger partial charge in [0, 0.05) is 10.9 Å². The van der Waals surface area contributed by atoms with Crippen LogP contribution in [0.3, 0.4) is 0 Å². The zero-order valence-corrected chi connectivity index (χ0v) is 11.2. The molecule has 96 valence electrons. The van der Waals surface area contributed by atoms with Crippen molar-refractivity contribution >= 4 is 22.2 Å². The van der Waals surface area contributed by atoms with E-state index in [1.165, 1.54) is 29.5 Å². The highest BCUT2D eigenvalue weighted by Crippen LogP contribution is 2.31. The third kappa shape index (κ3) is 2.56. The molecule has 0 radical (unpaired) electrons. The van der Waals surface area contributed by atoms with E-state index in [-0.39, 0.29) is 11.3 Å². The fraction of sp³-hybridized carbons (Fsp3) is 0.154. The van der Waals surface area contributed by atoms with Crippen LogP contribution in [0, 0.1) is 25.2 Å². The molecule has 0 fully saturated rings. The minimum atomic E-state index is -0.435. The van der Waals surface area contributed by atoms with Gasteiger partial charge in [0.05, 0.1) is 5.56 Å². The van der Waals surface area contributed by atoms with E-state index in [0.717, 1.165) is 10.4 Å². The highest BCUT2D eigenvalue weighted by Gasteiger charge is 2.15. The van der Waals surface area contributed by atoms with Crippen LogP contribution < -0.4 is 10.9 Å². The smallest absolute Gasteiger partial charge is 0.272 e. The van der Waals surface area contributed by atoms with E-state index in [2.05, 4.69) is 16.4 Å². The predicted octanol–water partition coefficient (Wildman–Crippen LogP) is 2.18. The fourth-order valence-corrected chi connectivity index (χ4v) is 2.61. The molecule has 2 rings (SSSR count). The molecule has 0 spiro atoms. The number of hydrogen-bond donors (Lipinski definition) is 2.